The molecule has 0 saturated carbocycles. The van der Waals surface area contributed by atoms with Gasteiger partial charge in [0.25, 0.3) is 0 Å². The van der Waals surface area contributed by atoms with Gasteiger partial charge in [-0.15, -0.1) is 11.6 Å². The Bertz CT molecular complexity index is 374. The van der Waals surface area contributed by atoms with Gasteiger partial charge >= 0.3 is 0 Å². The van der Waals surface area contributed by atoms with Gasteiger partial charge in [-0.05, 0) is 29.8 Å². The fourth-order valence-corrected chi connectivity index (χ4v) is 7.70. The zero-order valence-electron chi connectivity index (χ0n) is 10.9. The van der Waals surface area contributed by atoms with Crippen molar-refractivity contribution in [2.75, 3.05) is 13.0 Å². The molecule has 1 N–H and O–H groups in total. The van der Waals surface area contributed by atoms with Gasteiger partial charge in [-0.3, -0.25) is 0 Å². The lowest BCUT2D eigenvalue weighted by molar-refractivity contribution is 0.414. The molecular formula is C14H21ClO2Si. The molecule has 0 bridgehead atoms. The summed E-state index contributed by atoms with van der Waals surface area (Å²) in [5, 5.41) is 0. The van der Waals surface area contributed by atoms with Crippen molar-refractivity contribution < 1.29 is 9.53 Å². The second-order valence-corrected chi connectivity index (χ2v) is 9.36. The molecule has 100 valence electrons. The van der Waals surface area contributed by atoms with Gasteiger partial charge in [-0.1, -0.05) is 31.4 Å². The molecule has 0 aromatic heterocycles. The molecule has 1 aromatic rings. The van der Waals surface area contributed by atoms with E-state index in [1.165, 1.54) is 12.0 Å². The fraction of sp³-hybridized carbons (Fsp3) is 0.571. The molecule has 2 rings (SSSR count). The SMILES string of the molecule is COc1ccc(C(CCl)[Si]2(O)CCCCC2)cc1. The molecule has 1 heterocycles. The van der Waals surface area contributed by atoms with Gasteiger partial charge in [-0.2, -0.15) is 0 Å². The topological polar surface area (TPSA) is 29.5 Å². The van der Waals surface area contributed by atoms with Crippen LogP contribution in [0.15, 0.2) is 24.3 Å². The third kappa shape index (κ3) is 2.90. The smallest absolute Gasteiger partial charge is 0.197 e. The summed E-state index contributed by atoms with van der Waals surface area (Å²) in [5.41, 5.74) is 1.33. The molecule has 4 heteroatoms. The Hall–Kier alpha value is -0.513. The first-order valence-electron chi connectivity index (χ1n) is 6.62. The van der Waals surface area contributed by atoms with Crippen molar-refractivity contribution in [1.82, 2.24) is 0 Å². The van der Waals surface area contributed by atoms with Gasteiger partial charge in [0.2, 0.25) is 0 Å². The highest BCUT2D eigenvalue weighted by Crippen LogP contribution is 2.38. The normalized spacial score (nSPS) is 20.4. The summed E-state index contributed by atoms with van der Waals surface area (Å²) in [5.74, 6) is 1.37. The van der Waals surface area contributed by atoms with E-state index in [1.807, 2.05) is 24.3 Å². The lowest BCUT2D eigenvalue weighted by Crippen LogP contribution is -2.44. The van der Waals surface area contributed by atoms with Crippen molar-refractivity contribution in [3.8, 4) is 5.75 Å². The minimum atomic E-state index is -2.21. The van der Waals surface area contributed by atoms with Crippen molar-refractivity contribution in [2.24, 2.45) is 0 Å². The van der Waals surface area contributed by atoms with E-state index in [1.54, 1.807) is 7.11 Å². The maximum Gasteiger partial charge on any atom is 0.197 e. The van der Waals surface area contributed by atoms with Gasteiger partial charge in [0.05, 0.1) is 7.11 Å². The molecule has 0 spiro atoms. The minimum Gasteiger partial charge on any atom is -0.497 e. The summed E-state index contributed by atoms with van der Waals surface area (Å²) >= 11 is 6.14. The summed E-state index contributed by atoms with van der Waals surface area (Å²) in [6.45, 7) is 0. The number of hydrogen-bond acceptors (Lipinski definition) is 2. The van der Waals surface area contributed by atoms with Gasteiger partial charge in [0.1, 0.15) is 5.75 Å². The standard InChI is InChI=1S/C14H21ClO2Si/c1-17-13-7-5-12(6-8-13)14(11-15)18(16)9-3-2-4-10-18/h5-8,14,16H,2-4,9-11H2,1H3. The minimum absolute atomic E-state index is 0.158. The molecule has 2 nitrogen and oxygen atoms in total. The predicted molar refractivity (Wildman–Crippen MR) is 77.9 cm³/mol. The van der Waals surface area contributed by atoms with E-state index in [-0.39, 0.29) is 5.54 Å². The van der Waals surface area contributed by atoms with Crippen LogP contribution in [0.25, 0.3) is 0 Å². The molecular weight excluding hydrogens is 264 g/mol. The van der Waals surface area contributed by atoms with Gasteiger partial charge in [0, 0.05) is 11.4 Å². The zero-order valence-corrected chi connectivity index (χ0v) is 12.6. The van der Waals surface area contributed by atoms with Crippen molar-refractivity contribution in [3.63, 3.8) is 0 Å². The number of halogens is 1. The van der Waals surface area contributed by atoms with Crippen LogP contribution in [0.4, 0.5) is 0 Å². The first kappa shape index (κ1) is 13.9. The summed E-state index contributed by atoms with van der Waals surface area (Å²) in [6, 6.07) is 9.99. The molecule has 1 fully saturated rings. The Morgan fingerprint density at radius 2 is 1.83 bits per heavy atom. The van der Waals surface area contributed by atoms with Gasteiger partial charge in [0.15, 0.2) is 8.32 Å². The number of rotatable bonds is 4. The van der Waals surface area contributed by atoms with Crippen LogP contribution < -0.4 is 4.74 Å². The Labute approximate surface area is 115 Å². The van der Waals surface area contributed by atoms with Crippen LogP contribution in [0.2, 0.25) is 12.1 Å². The number of methoxy groups -OCH3 is 1. The predicted octanol–water partition coefficient (Wildman–Crippen LogP) is 3.68. The van der Waals surface area contributed by atoms with E-state index < -0.39 is 8.32 Å². The molecule has 1 aliphatic rings. The molecule has 1 aliphatic heterocycles. The lowest BCUT2D eigenvalue weighted by atomic mass is 10.1. The highest BCUT2D eigenvalue weighted by molar-refractivity contribution is 6.74. The van der Waals surface area contributed by atoms with Crippen molar-refractivity contribution in [3.05, 3.63) is 29.8 Å². The third-order valence-corrected chi connectivity index (χ3v) is 8.88. The Balaban J connectivity index is 2.20. The monoisotopic (exact) mass is 284 g/mol. The van der Waals surface area contributed by atoms with E-state index in [9.17, 15) is 4.80 Å². The zero-order chi connectivity index (χ0) is 13.0. The summed E-state index contributed by atoms with van der Waals surface area (Å²) in [6.07, 6.45) is 3.57. The molecule has 1 unspecified atom stereocenters. The first-order chi connectivity index (χ1) is 8.69. The molecule has 0 aliphatic carbocycles. The van der Waals surface area contributed by atoms with Crippen molar-refractivity contribution in [2.45, 2.75) is 36.9 Å². The average Bonchev–Trinajstić information content (AvgIpc) is 2.41. The first-order valence-corrected chi connectivity index (χ1v) is 9.59. The number of alkyl halides is 1. The van der Waals surface area contributed by atoms with Crippen LogP contribution in [-0.4, -0.2) is 26.1 Å². The Morgan fingerprint density at radius 1 is 1.22 bits per heavy atom. The number of benzene rings is 1. The number of hydrogen-bond donors (Lipinski definition) is 1. The summed E-state index contributed by atoms with van der Waals surface area (Å²) < 4.78 is 5.17. The van der Waals surface area contributed by atoms with Crippen molar-refractivity contribution in [1.29, 1.82) is 0 Å². The highest BCUT2D eigenvalue weighted by atomic mass is 35.5. The molecule has 0 radical (unpaired) electrons. The van der Waals surface area contributed by atoms with Crippen LogP contribution in [0, 0.1) is 0 Å². The quantitative estimate of drug-likeness (QED) is 0.675. The fourth-order valence-electron chi connectivity index (χ4n) is 2.89. The third-order valence-electron chi connectivity index (χ3n) is 4.04. The van der Waals surface area contributed by atoms with E-state index >= 15 is 0 Å². The summed E-state index contributed by atoms with van der Waals surface area (Å²) in [7, 11) is -0.543. The molecule has 18 heavy (non-hydrogen) atoms. The van der Waals surface area contributed by atoms with Crippen LogP contribution in [0.5, 0.6) is 5.75 Å². The highest BCUT2D eigenvalue weighted by Gasteiger charge is 2.41. The average molecular weight is 285 g/mol. The van der Waals surface area contributed by atoms with E-state index in [0.29, 0.717) is 5.88 Å². The van der Waals surface area contributed by atoms with Crippen LogP contribution in [0.1, 0.15) is 30.4 Å². The molecule has 1 aromatic carbocycles. The van der Waals surface area contributed by atoms with Crippen LogP contribution in [0.3, 0.4) is 0 Å². The number of ether oxygens (including phenoxy) is 1. The molecule has 1 atom stereocenters. The maximum absolute atomic E-state index is 10.9. The Kier molecular flexibility index (Phi) is 4.70. The van der Waals surface area contributed by atoms with Crippen LogP contribution in [-0.2, 0) is 0 Å². The largest absolute Gasteiger partial charge is 0.497 e. The Morgan fingerprint density at radius 3 is 2.33 bits per heavy atom. The lowest BCUT2D eigenvalue weighted by Gasteiger charge is -2.36. The summed E-state index contributed by atoms with van der Waals surface area (Å²) in [4.78, 5) is 10.9. The van der Waals surface area contributed by atoms with Gasteiger partial charge in [-0.25, -0.2) is 0 Å². The van der Waals surface area contributed by atoms with Crippen LogP contribution >= 0.6 is 11.6 Å². The second-order valence-electron chi connectivity index (χ2n) is 5.14. The maximum atomic E-state index is 10.9. The van der Waals surface area contributed by atoms with Crippen molar-refractivity contribution >= 4 is 19.9 Å². The molecule has 1 saturated heterocycles. The van der Waals surface area contributed by atoms with E-state index in [0.717, 1.165) is 30.7 Å². The second kappa shape index (κ2) is 6.09. The van der Waals surface area contributed by atoms with Gasteiger partial charge < -0.3 is 9.53 Å². The molecule has 0 amide bonds. The van der Waals surface area contributed by atoms with E-state index in [4.69, 9.17) is 16.3 Å². The van der Waals surface area contributed by atoms with E-state index in [2.05, 4.69) is 0 Å².